The molecule has 0 fully saturated rings. The lowest BCUT2D eigenvalue weighted by molar-refractivity contribution is 0.0699. The van der Waals surface area contributed by atoms with Gasteiger partial charge < -0.3 is 15.4 Å². The van der Waals surface area contributed by atoms with E-state index in [-0.39, 0.29) is 16.8 Å². The molecule has 0 aliphatic heterocycles. The van der Waals surface area contributed by atoms with Crippen molar-refractivity contribution in [2.45, 2.75) is 6.92 Å². The largest absolute Gasteiger partial charge is 0.478 e. The van der Waals surface area contributed by atoms with Crippen LogP contribution in [-0.2, 0) is 0 Å². The molecular formula is C16H15N5O2. The minimum absolute atomic E-state index is 0.0416. The fraction of sp³-hybridized carbons (Fsp3) is 0.125. The first-order chi connectivity index (χ1) is 11.0. The van der Waals surface area contributed by atoms with Gasteiger partial charge in [0.2, 0.25) is 0 Å². The smallest absolute Gasteiger partial charge is 0.339 e. The summed E-state index contributed by atoms with van der Waals surface area (Å²) >= 11 is 0. The standard InChI is InChI=1S/C16H15N5O2/c1-8-3-4-9(11(5-8)18-2)13(17)12-7-20-15-14(21-12)10(6-19-15)16(22)23/h3-7,17-18H,1-2H3,(H,19,20)(H,22,23). The number of aromatic nitrogens is 3. The molecule has 0 bridgehead atoms. The number of nitrogens with one attached hydrogen (secondary N) is 3. The van der Waals surface area contributed by atoms with E-state index in [0.29, 0.717) is 16.9 Å². The summed E-state index contributed by atoms with van der Waals surface area (Å²) in [6.45, 7) is 1.97. The summed E-state index contributed by atoms with van der Waals surface area (Å²) in [5.41, 5.74) is 3.74. The molecule has 0 atom stereocenters. The zero-order valence-electron chi connectivity index (χ0n) is 12.6. The van der Waals surface area contributed by atoms with Crippen LogP contribution in [0, 0.1) is 12.3 Å². The van der Waals surface area contributed by atoms with Crippen LogP contribution in [0.3, 0.4) is 0 Å². The van der Waals surface area contributed by atoms with Crippen LogP contribution in [-0.4, -0.2) is 38.8 Å². The quantitative estimate of drug-likeness (QED) is 0.552. The lowest BCUT2D eigenvalue weighted by atomic mass is 10.0. The number of anilines is 1. The number of H-pyrrole nitrogens is 1. The number of rotatable bonds is 4. The van der Waals surface area contributed by atoms with E-state index >= 15 is 0 Å². The summed E-state index contributed by atoms with van der Waals surface area (Å²) in [7, 11) is 1.79. The first-order valence-corrected chi connectivity index (χ1v) is 6.96. The Hall–Kier alpha value is -3.22. The fourth-order valence-electron chi connectivity index (χ4n) is 2.40. The maximum absolute atomic E-state index is 11.2. The molecule has 0 radical (unpaired) electrons. The third-order valence-electron chi connectivity index (χ3n) is 3.58. The molecule has 7 heteroatoms. The second-order valence-electron chi connectivity index (χ2n) is 5.13. The second-order valence-corrected chi connectivity index (χ2v) is 5.13. The zero-order valence-corrected chi connectivity index (χ0v) is 12.6. The van der Waals surface area contributed by atoms with Gasteiger partial charge in [-0.25, -0.2) is 14.8 Å². The Morgan fingerprint density at radius 1 is 1.35 bits per heavy atom. The van der Waals surface area contributed by atoms with Gasteiger partial charge in [0, 0.05) is 24.5 Å². The van der Waals surface area contributed by atoms with Crippen LogP contribution < -0.4 is 5.32 Å². The van der Waals surface area contributed by atoms with Crippen molar-refractivity contribution in [3.05, 3.63) is 53.0 Å². The molecule has 3 rings (SSSR count). The van der Waals surface area contributed by atoms with Gasteiger partial charge in [0.1, 0.15) is 16.8 Å². The number of carbonyl (C=O) groups is 1. The summed E-state index contributed by atoms with van der Waals surface area (Å²) in [6.07, 6.45) is 2.82. The topological polar surface area (TPSA) is 115 Å². The van der Waals surface area contributed by atoms with Gasteiger partial charge in [0.25, 0.3) is 0 Å². The van der Waals surface area contributed by atoms with E-state index < -0.39 is 5.97 Å². The van der Waals surface area contributed by atoms with Crippen LogP contribution in [0.5, 0.6) is 0 Å². The molecular weight excluding hydrogens is 294 g/mol. The number of aryl methyl sites for hydroxylation is 1. The van der Waals surface area contributed by atoms with Crippen molar-refractivity contribution < 1.29 is 9.90 Å². The van der Waals surface area contributed by atoms with Gasteiger partial charge in [-0.15, -0.1) is 0 Å². The average Bonchev–Trinajstić information content (AvgIpc) is 2.97. The van der Waals surface area contributed by atoms with E-state index in [2.05, 4.69) is 20.3 Å². The predicted molar refractivity (Wildman–Crippen MR) is 87.5 cm³/mol. The van der Waals surface area contributed by atoms with E-state index in [1.807, 2.05) is 25.1 Å². The number of aromatic amines is 1. The summed E-state index contributed by atoms with van der Waals surface area (Å²) in [5.74, 6) is -1.08. The number of hydrogen-bond acceptors (Lipinski definition) is 5. The van der Waals surface area contributed by atoms with Crippen molar-refractivity contribution in [1.82, 2.24) is 15.0 Å². The lowest BCUT2D eigenvalue weighted by Crippen LogP contribution is -2.09. The normalized spacial score (nSPS) is 10.7. The number of hydrogen-bond donors (Lipinski definition) is 4. The third kappa shape index (κ3) is 2.52. The Kier molecular flexibility index (Phi) is 3.53. The van der Waals surface area contributed by atoms with Crippen molar-refractivity contribution in [2.75, 3.05) is 12.4 Å². The minimum atomic E-state index is -1.08. The van der Waals surface area contributed by atoms with E-state index in [4.69, 9.17) is 5.41 Å². The number of nitrogens with zero attached hydrogens (tertiary/aromatic N) is 2. The molecule has 3 aromatic rings. The highest BCUT2D eigenvalue weighted by atomic mass is 16.4. The van der Waals surface area contributed by atoms with Crippen LogP contribution in [0.4, 0.5) is 5.69 Å². The Morgan fingerprint density at radius 2 is 2.13 bits per heavy atom. The number of carboxylic acids is 1. The molecule has 23 heavy (non-hydrogen) atoms. The van der Waals surface area contributed by atoms with Crippen LogP contribution in [0.1, 0.15) is 27.2 Å². The minimum Gasteiger partial charge on any atom is -0.478 e. The Morgan fingerprint density at radius 3 is 2.83 bits per heavy atom. The van der Waals surface area contributed by atoms with Crippen LogP contribution >= 0.6 is 0 Å². The monoisotopic (exact) mass is 309 g/mol. The second kappa shape index (κ2) is 5.53. The van der Waals surface area contributed by atoms with Gasteiger partial charge >= 0.3 is 5.97 Å². The molecule has 0 unspecified atom stereocenters. The van der Waals surface area contributed by atoms with Crippen LogP contribution in [0.2, 0.25) is 0 Å². The maximum atomic E-state index is 11.2. The molecule has 0 saturated heterocycles. The lowest BCUT2D eigenvalue weighted by Gasteiger charge is -2.11. The van der Waals surface area contributed by atoms with Crippen molar-refractivity contribution >= 4 is 28.5 Å². The van der Waals surface area contributed by atoms with Gasteiger partial charge in [-0.2, -0.15) is 0 Å². The van der Waals surface area contributed by atoms with Crippen molar-refractivity contribution in [3.63, 3.8) is 0 Å². The van der Waals surface area contributed by atoms with Gasteiger partial charge in [0.05, 0.1) is 11.9 Å². The molecule has 0 saturated carbocycles. The Labute approximate surface area is 131 Å². The molecule has 2 aromatic heterocycles. The fourth-order valence-corrected chi connectivity index (χ4v) is 2.40. The molecule has 0 amide bonds. The summed E-state index contributed by atoms with van der Waals surface area (Å²) < 4.78 is 0. The third-order valence-corrected chi connectivity index (χ3v) is 3.58. The summed E-state index contributed by atoms with van der Waals surface area (Å²) in [6, 6.07) is 5.69. The first-order valence-electron chi connectivity index (χ1n) is 6.96. The van der Waals surface area contributed by atoms with Crippen molar-refractivity contribution in [2.24, 2.45) is 0 Å². The van der Waals surface area contributed by atoms with E-state index in [0.717, 1.165) is 11.3 Å². The molecule has 0 spiro atoms. The molecule has 0 aliphatic carbocycles. The van der Waals surface area contributed by atoms with Crippen molar-refractivity contribution in [1.29, 1.82) is 5.41 Å². The van der Waals surface area contributed by atoms with Gasteiger partial charge in [-0.05, 0) is 18.6 Å². The highest BCUT2D eigenvalue weighted by Crippen LogP contribution is 2.21. The summed E-state index contributed by atoms with van der Waals surface area (Å²) in [5, 5.41) is 20.6. The number of aromatic carboxylic acids is 1. The highest BCUT2D eigenvalue weighted by Gasteiger charge is 2.16. The predicted octanol–water partition coefficient (Wildman–Crippen LogP) is 2.42. The summed E-state index contributed by atoms with van der Waals surface area (Å²) in [4.78, 5) is 22.4. The van der Waals surface area contributed by atoms with E-state index in [1.54, 1.807) is 7.05 Å². The molecule has 4 N–H and O–H groups in total. The van der Waals surface area contributed by atoms with Crippen LogP contribution in [0.15, 0.2) is 30.6 Å². The maximum Gasteiger partial charge on any atom is 0.339 e. The molecule has 7 nitrogen and oxygen atoms in total. The number of carboxylic acid groups (broad SMARTS) is 1. The van der Waals surface area contributed by atoms with E-state index in [9.17, 15) is 9.90 Å². The highest BCUT2D eigenvalue weighted by molar-refractivity contribution is 6.13. The van der Waals surface area contributed by atoms with Gasteiger partial charge in [-0.1, -0.05) is 12.1 Å². The first kappa shape index (κ1) is 14.7. The number of fused-ring (bicyclic) bond motifs is 1. The molecule has 2 heterocycles. The Bertz CT molecular complexity index is 929. The van der Waals surface area contributed by atoms with Gasteiger partial charge in [0.15, 0.2) is 5.65 Å². The SMILES string of the molecule is CNc1cc(C)ccc1C(=N)c1cnc2[nH]cc(C(=O)O)c2n1. The number of benzene rings is 1. The molecule has 1 aromatic carbocycles. The average molecular weight is 309 g/mol. The molecule has 116 valence electrons. The van der Waals surface area contributed by atoms with E-state index in [1.165, 1.54) is 12.4 Å². The zero-order chi connectivity index (χ0) is 16.6. The molecule has 0 aliphatic rings. The van der Waals surface area contributed by atoms with Crippen LogP contribution in [0.25, 0.3) is 11.2 Å². The Balaban J connectivity index is 2.11. The van der Waals surface area contributed by atoms with Gasteiger partial charge in [-0.3, -0.25) is 5.41 Å². The van der Waals surface area contributed by atoms with Crippen molar-refractivity contribution in [3.8, 4) is 0 Å².